The molecule has 1 aromatic rings. The zero-order chi connectivity index (χ0) is 25.7. The summed E-state index contributed by atoms with van der Waals surface area (Å²) in [6, 6.07) is 5.40. The number of nitrogens with zero attached hydrogens (tertiary/aromatic N) is 1. The number of ketones is 1. The number of Topliss-reactive ketones (excluding diaryl/α,β-unsaturated/α-hetero) is 1. The molecule has 3 aliphatic heterocycles. The summed E-state index contributed by atoms with van der Waals surface area (Å²) >= 11 is 0. The van der Waals surface area contributed by atoms with Gasteiger partial charge in [0.25, 0.3) is 0 Å². The number of rotatable bonds is 13. The molecule has 0 aliphatic carbocycles. The molecular weight excluding hydrogens is 452 g/mol. The Hall–Kier alpha value is -2.44. The Morgan fingerprint density at radius 3 is 2.86 bits per heavy atom. The molecule has 4 unspecified atom stereocenters. The van der Waals surface area contributed by atoms with Crippen molar-refractivity contribution in [2.24, 2.45) is 16.8 Å². The Morgan fingerprint density at radius 1 is 1.25 bits per heavy atom. The van der Waals surface area contributed by atoms with Crippen LogP contribution < -0.4 is 9.64 Å². The monoisotopic (exact) mass is 495 g/mol. The van der Waals surface area contributed by atoms with Crippen molar-refractivity contribution in [1.29, 1.82) is 0 Å². The highest BCUT2D eigenvalue weighted by molar-refractivity contribution is 6.07. The number of nitrogens with one attached hydrogen (secondary N) is 1. The summed E-state index contributed by atoms with van der Waals surface area (Å²) < 4.78 is 6.46. The van der Waals surface area contributed by atoms with Gasteiger partial charge in [0.15, 0.2) is 11.5 Å². The molecule has 0 saturated carbocycles. The van der Waals surface area contributed by atoms with E-state index in [1.165, 1.54) is 16.2 Å². The molecule has 1 fully saturated rings. The van der Waals surface area contributed by atoms with E-state index >= 15 is 0 Å². The average Bonchev–Trinajstić information content (AvgIpc) is 3.43. The number of aryl methyl sites for hydroxylation is 1. The number of hydrogen-bond acceptors (Lipinski definition) is 5. The second kappa shape index (κ2) is 12.2. The molecular formula is C30H43N2O4+. The number of aliphatic imine (C=N–C) groups is 1. The molecule has 1 saturated heterocycles. The number of phenolic OH excluding ortho intramolecular Hbond substituents is 1. The fourth-order valence-corrected chi connectivity index (χ4v) is 5.92. The quantitative estimate of drug-likeness (QED) is 0.352. The van der Waals surface area contributed by atoms with Crippen molar-refractivity contribution in [2.45, 2.75) is 97.3 Å². The van der Waals surface area contributed by atoms with E-state index in [2.05, 4.69) is 31.8 Å². The van der Waals surface area contributed by atoms with Gasteiger partial charge in [-0.05, 0) is 55.4 Å². The molecule has 196 valence electrons. The van der Waals surface area contributed by atoms with Crippen molar-refractivity contribution >= 4 is 11.5 Å². The topological polar surface area (TPSA) is 83.6 Å². The molecule has 3 N–H and O–H groups in total. The number of piperidine rings is 1. The number of hydrogen-bond donors (Lipinski definition) is 3. The highest BCUT2D eigenvalue weighted by Gasteiger charge is 2.46. The van der Waals surface area contributed by atoms with Crippen LogP contribution in [0.4, 0.5) is 0 Å². The lowest BCUT2D eigenvalue weighted by Gasteiger charge is -2.36. The first-order valence-corrected chi connectivity index (χ1v) is 13.9. The second-order valence-corrected chi connectivity index (χ2v) is 11.1. The van der Waals surface area contributed by atoms with E-state index in [9.17, 15) is 15.0 Å². The summed E-state index contributed by atoms with van der Waals surface area (Å²) in [5, 5.41) is 20.7. The lowest BCUT2D eigenvalue weighted by Crippen LogP contribution is -3.15. The van der Waals surface area contributed by atoms with Crippen molar-refractivity contribution in [2.75, 3.05) is 6.54 Å². The number of aliphatic hydroxyl groups is 1. The van der Waals surface area contributed by atoms with Crippen LogP contribution in [0, 0.1) is 11.8 Å². The normalized spacial score (nSPS) is 23.6. The van der Waals surface area contributed by atoms with Crippen molar-refractivity contribution in [3.05, 3.63) is 47.3 Å². The third-order valence-corrected chi connectivity index (χ3v) is 7.70. The lowest BCUT2D eigenvalue weighted by atomic mass is 9.85. The maximum atomic E-state index is 12.4. The first-order chi connectivity index (χ1) is 17.4. The molecule has 1 aromatic carbocycles. The minimum atomic E-state index is -0.542. The summed E-state index contributed by atoms with van der Waals surface area (Å²) in [5.74, 6) is 1.86. The predicted octanol–water partition coefficient (Wildman–Crippen LogP) is 4.51. The average molecular weight is 496 g/mol. The zero-order valence-electron chi connectivity index (χ0n) is 22.1. The predicted molar refractivity (Wildman–Crippen MR) is 142 cm³/mol. The fraction of sp³-hybridized carbons (Fsp3) is 0.600. The number of phenols is 1. The van der Waals surface area contributed by atoms with E-state index in [1.807, 2.05) is 18.3 Å². The molecule has 0 bridgehead atoms. The van der Waals surface area contributed by atoms with E-state index < -0.39 is 6.10 Å². The van der Waals surface area contributed by atoms with Gasteiger partial charge in [0.1, 0.15) is 23.7 Å². The standard InChI is InChI=1S/C30H42N2O4/c1-4-5-6-7-23(33)18-24(34)11-8-21-9-12-27(35)28(17-21)36-29-13-10-22(16-20(2)3)30-25-14-15-31-26(25)19-32(29)30/h9,12,14-15,17,20,22-23,29,33,35H,4-8,10-11,13,16,18-19H2,1-3H3/p+1. The minimum Gasteiger partial charge on any atom is -0.504 e. The van der Waals surface area contributed by atoms with Crippen LogP contribution in [-0.2, 0) is 11.2 Å². The smallest absolute Gasteiger partial charge is 0.237 e. The first kappa shape index (κ1) is 26.6. The number of unbranched alkanes of at least 4 members (excludes halogenated alkanes) is 2. The van der Waals surface area contributed by atoms with E-state index in [0.717, 1.165) is 56.3 Å². The molecule has 0 radical (unpaired) electrons. The number of fused-ring (bicyclic) bond motifs is 2. The third-order valence-electron chi connectivity index (χ3n) is 7.70. The van der Waals surface area contributed by atoms with Gasteiger partial charge in [0, 0.05) is 31.4 Å². The van der Waals surface area contributed by atoms with E-state index in [0.29, 0.717) is 36.8 Å². The Kier molecular flexibility index (Phi) is 9.02. The molecule has 4 atom stereocenters. The fourth-order valence-electron chi connectivity index (χ4n) is 5.92. The number of aromatic hydroxyl groups is 1. The molecule has 0 amide bonds. The van der Waals surface area contributed by atoms with Crippen LogP contribution in [-0.4, -0.2) is 40.6 Å². The van der Waals surface area contributed by atoms with Crippen LogP contribution in [0.1, 0.15) is 84.1 Å². The molecule has 0 spiro atoms. The van der Waals surface area contributed by atoms with Crippen molar-refractivity contribution in [3.63, 3.8) is 0 Å². The summed E-state index contributed by atoms with van der Waals surface area (Å²) in [5.41, 5.74) is 4.82. The van der Waals surface area contributed by atoms with Crippen molar-refractivity contribution < 1.29 is 24.6 Å². The van der Waals surface area contributed by atoms with Gasteiger partial charge < -0.3 is 14.9 Å². The van der Waals surface area contributed by atoms with Crippen LogP contribution in [0.3, 0.4) is 0 Å². The van der Waals surface area contributed by atoms with Crippen LogP contribution in [0.25, 0.3) is 0 Å². The largest absolute Gasteiger partial charge is 0.504 e. The molecule has 4 rings (SSSR count). The molecule has 6 heteroatoms. The Bertz CT molecular complexity index is 1030. The second-order valence-electron chi connectivity index (χ2n) is 11.1. The number of ether oxygens (including phenoxy) is 1. The van der Waals surface area contributed by atoms with Crippen molar-refractivity contribution in [1.82, 2.24) is 0 Å². The van der Waals surface area contributed by atoms with Crippen LogP contribution in [0.15, 0.2) is 46.7 Å². The molecule has 3 heterocycles. The minimum absolute atomic E-state index is 0.0707. The Labute approximate surface area is 215 Å². The zero-order valence-corrected chi connectivity index (χ0v) is 22.1. The molecule has 6 nitrogen and oxygen atoms in total. The number of carbonyl (C=O) groups is 1. The molecule has 36 heavy (non-hydrogen) atoms. The SMILES string of the molecule is CCCCCC(O)CC(=O)CCc1ccc(O)c(OC2CCC(CC(C)C)C3=C4C=CN=C4C[NH+]32)c1. The first-order valence-electron chi connectivity index (χ1n) is 13.9. The summed E-state index contributed by atoms with van der Waals surface area (Å²) in [4.78, 5) is 18.3. The summed E-state index contributed by atoms with van der Waals surface area (Å²) in [6.07, 6.45) is 11.6. The molecule has 3 aliphatic rings. The maximum absolute atomic E-state index is 12.4. The maximum Gasteiger partial charge on any atom is 0.237 e. The number of aliphatic hydroxyl groups excluding tert-OH is 1. The van der Waals surface area contributed by atoms with Gasteiger partial charge in [-0.15, -0.1) is 0 Å². The van der Waals surface area contributed by atoms with Crippen molar-refractivity contribution in [3.8, 4) is 11.5 Å². The summed E-state index contributed by atoms with van der Waals surface area (Å²) in [7, 11) is 0. The highest BCUT2D eigenvalue weighted by Crippen LogP contribution is 2.35. The molecule has 0 aromatic heterocycles. The van der Waals surface area contributed by atoms with Gasteiger partial charge in [0.05, 0.1) is 11.7 Å². The highest BCUT2D eigenvalue weighted by atomic mass is 16.5. The Morgan fingerprint density at radius 2 is 2.08 bits per heavy atom. The van der Waals surface area contributed by atoms with Gasteiger partial charge in [0.2, 0.25) is 6.23 Å². The van der Waals surface area contributed by atoms with Gasteiger partial charge in [-0.1, -0.05) is 46.1 Å². The number of carbonyl (C=O) groups excluding carboxylic acids is 1. The summed E-state index contributed by atoms with van der Waals surface area (Å²) in [6.45, 7) is 7.52. The number of allylic oxidation sites excluding steroid dienone is 2. The van der Waals surface area contributed by atoms with Gasteiger partial charge in [-0.25, -0.2) is 0 Å². The number of benzene rings is 1. The van der Waals surface area contributed by atoms with E-state index in [4.69, 9.17) is 4.74 Å². The van der Waals surface area contributed by atoms with Gasteiger partial charge in [-0.3, -0.25) is 14.7 Å². The van der Waals surface area contributed by atoms with Crippen LogP contribution >= 0.6 is 0 Å². The van der Waals surface area contributed by atoms with E-state index in [-0.39, 0.29) is 24.2 Å². The third kappa shape index (κ3) is 6.46. The lowest BCUT2D eigenvalue weighted by molar-refractivity contribution is -0.904. The number of quaternary nitrogens is 1. The van der Waals surface area contributed by atoms with Crippen LogP contribution in [0.2, 0.25) is 0 Å². The van der Waals surface area contributed by atoms with Gasteiger partial charge >= 0.3 is 0 Å². The van der Waals surface area contributed by atoms with Crippen LogP contribution in [0.5, 0.6) is 11.5 Å². The van der Waals surface area contributed by atoms with Gasteiger partial charge in [-0.2, -0.15) is 0 Å². The van der Waals surface area contributed by atoms with E-state index in [1.54, 1.807) is 6.07 Å². The Balaban J connectivity index is 1.38.